The van der Waals surface area contributed by atoms with E-state index in [9.17, 15) is 4.79 Å². The quantitative estimate of drug-likeness (QED) is 0.458. The smallest absolute Gasteiger partial charge is 0.284 e. The Labute approximate surface area is 126 Å². The molecular formula is C14H15N5OS. The molecule has 1 amide bonds. The van der Waals surface area contributed by atoms with Gasteiger partial charge in [-0.05, 0) is 24.8 Å². The first-order valence-electron chi connectivity index (χ1n) is 6.65. The third-order valence-corrected chi connectivity index (χ3v) is 4.09. The molecule has 2 aromatic rings. The van der Waals surface area contributed by atoms with Crippen molar-refractivity contribution in [1.29, 1.82) is 0 Å². The zero-order chi connectivity index (χ0) is 14.7. The number of anilines is 1. The van der Waals surface area contributed by atoms with Crippen LogP contribution in [0.15, 0.2) is 34.7 Å². The van der Waals surface area contributed by atoms with Crippen molar-refractivity contribution < 1.29 is 4.79 Å². The van der Waals surface area contributed by atoms with E-state index in [2.05, 4.69) is 33.1 Å². The Balaban J connectivity index is 1.78. The van der Waals surface area contributed by atoms with Crippen molar-refractivity contribution >= 4 is 28.1 Å². The molecule has 1 aromatic heterocycles. The minimum Gasteiger partial charge on any atom is -0.289 e. The van der Waals surface area contributed by atoms with Gasteiger partial charge in [0.2, 0.25) is 5.13 Å². The van der Waals surface area contributed by atoms with Crippen LogP contribution in [0.1, 0.15) is 34.5 Å². The Bertz CT molecular complexity index is 694. The van der Waals surface area contributed by atoms with E-state index in [1.807, 2.05) is 12.1 Å². The summed E-state index contributed by atoms with van der Waals surface area (Å²) < 4.78 is 0. The van der Waals surface area contributed by atoms with Gasteiger partial charge in [0.25, 0.3) is 5.91 Å². The highest BCUT2D eigenvalue weighted by atomic mass is 32.1. The van der Waals surface area contributed by atoms with Crippen LogP contribution in [0.2, 0.25) is 0 Å². The van der Waals surface area contributed by atoms with Gasteiger partial charge < -0.3 is 0 Å². The number of hydrogen-bond donors (Lipinski definition) is 3. The van der Waals surface area contributed by atoms with Crippen LogP contribution in [0.5, 0.6) is 0 Å². The van der Waals surface area contributed by atoms with E-state index in [-0.39, 0.29) is 5.69 Å². The van der Waals surface area contributed by atoms with E-state index in [1.54, 1.807) is 5.38 Å². The summed E-state index contributed by atoms with van der Waals surface area (Å²) in [5.74, 6) is 4.67. The number of rotatable bonds is 3. The maximum absolute atomic E-state index is 11.3. The predicted molar refractivity (Wildman–Crippen MR) is 83.3 cm³/mol. The normalized spacial score (nSPS) is 15.6. The standard InChI is InChI=1S/C14H15N5OS/c15-17-13(20)12-8-21-14(16-12)19-18-11-7-3-5-9-4-1-2-6-10(9)11/h1-2,4,6,8H,3,5,7,15H2,(H,16,19)(H,17,20)/b18-11-. The summed E-state index contributed by atoms with van der Waals surface area (Å²) in [6, 6.07) is 8.29. The number of hydrazone groups is 1. The average Bonchev–Trinajstić information content (AvgIpc) is 3.01. The summed E-state index contributed by atoms with van der Waals surface area (Å²) in [6.07, 6.45) is 3.12. The van der Waals surface area contributed by atoms with E-state index in [0.717, 1.165) is 25.0 Å². The minimum absolute atomic E-state index is 0.286. The Kier molecular flexibility index (Phi) is 3.94. The van der Waals surface area contributed by atoms with Crippen LogP contribution in [-0.2, 0) is 6.42 Å². The molecule has 0 bridgehead atoms. The first-order valence-corrected chi connectivity index (χ1v) is 7.53. The highest BCUT2D eigenvalue weighted by Crippen LogP contribution is 2.22. The Hall–Kier alpha value is -2.25. The molecule has 7 heteroatoms. The van der Waals surface area contributed by atoms with Crippen LogP contribution in [-0.4, -0.2) is 16.6 Å². The van der Waals surface area contributed by atoms with Gasteiger partial charge in [-0.25, -0.2) is 10.8 Å². The van der Waals surface area contributed by atoms with E-state index in [1.165, 1.54) is 22.5 Å². The molecule has 1 heterocycles. The molecular weight excluding hydrogens is 286 g/mol. The van der Waals surface area contributed by atoms with Gasteiger partial charge in [-0.1, -0.05) is 24.3 Å². The number of hydrogen-bond acceptors (Lipinski definition) is 6. The number of aryl methyl sites for hydroxylation is 1. The maximum Gasteiger partial charge on any atom is 0.284 e. The molecule has 4 N–H and O–H groups in total. The molecule has 0 aliphatic heterocycles. The molecule has 21 heavy (non-hydrogen) atoms. The Morgan fingerprint density at radius 2 is 2.19 bits per heavy atom. The molecule has 108 valence electrons. The fraction of sp³-hybridized carbons (Fsp3) is 0.214. The van der Waals surface area contributed by atoms with Crippen molar-refractivity contribution in [2.75, 3.05) is 5.43 Å². The van der Waals surface area contributed by atoms with Crippen molar-refractivity contribution in [3.8, 4) is 0 Å². The van der Waals surface area contributed by atoms with Crippen molar-refractivity contribution in [3.05, 3.63) is 46.5 Å². The number of fused-ring (bicyclic) bond motifs is 1. The highest BCUT2D eigenvalue weighted by Gasteiger charge is 2.15. The summed E-state index contributed by atoms with van der Waals surface area (Å²) in [5, 5.41) is 6.66. The number of nitrogen functional groups attached to an aromatic ring is 1. The molecule has 0 saturated carbocycles. The SMILES string of the molecule is NNC(=O)c1csc(N/N=C2/CCCc3ccccc32)n1. The summed E-state index contributed by atoms with van der Waals surface area (Å²) >= 11 is 1.32. The second kappa shape index (κ2) is 6.02. The number of nitrogens with two attached hydrogens (primary N) is 1. The maximum atomic E-state index is 11.3. The van der Waals surface area contributed by atoms with E-state index in [4.69, 9.17) is 5.84 Å². The van der Waals surface area contributed by atoms with Crippen LogP contribution >= 0.6 is 11.3 Å². The lowest BCUT2D eigenvalue weighted by atomic mass is 9.90. The molecule has 1 aromatic carbocycles. The van der Waals surface area contributed by atoms with E-state index >= 15 is 0 Å². The number of aromatic nitrogens is 1. The molecule has 0 unspecified atom stereocenters. The third-order valence-electron chi connectivity index (χ3n) is 3.34. The number of carbonyl (C=O) groups is 1. The summed E-state index contributed by atoms with van der Waals surface area (Å²) in [4.78, 5) is 15.5. The van der Waals surface area contributed by atoms with Gasteiger partial charge >= 0.3 is 0 Å². The lowest BCUT2D eigenvalue weighted by Gasteiger charge is -2.17. The molecule has 0 saturated heterocycles. The number of thiazole rings is 1. The topological polar surface area (TPSA) is 92.4 Å². The van der Waals surface area contributed by atoms with Gasteiger partial charge in [0.1, 0.15) is 5.69 Å². The summed E-state index contributed by atoms with van der Waals surface area (Å²) in [7, 11) is 0. The molecule has 1 aliphatic rings. The minimum atomic E-state index is -0.407. The zero-order valence-corrected chi connectivity index (χ0v) is 12.1. The van der Waals surface area contributed by atoms with Crippen LogP contribution in [0.4, 0.5) is 5.13 Å². The molecule has 6 nitrogen and oxygen atoms in total. The third kappa shape index (κ3) is 2.93. The second-order valence-electron chi connectivity index (χ2n) is 4.69. The first-order chi connectivity index (χ1) is 10.3. The monoisotopic (exact) mass is 301 g/mol. The number of nitrogens with one attached hydrogen (secondary N) is 2. The highest BCUT2D eigenvalue weighted by molar-refractivity contribution is 7.13. The van der Waals surface area contributed by atoms with Gasteiger partial charge in [-0.2, -0.15) is 5.10 Å². The van der Waals surface area contributed by atoms with E-state index < -0.39 is 5.91 Å². The van der Waals surface area contributed by atoms with Gasteiger partial charge in [0.05, 0.1) is 5.71 Å². The van der Waals surface area contributed by atoms with Crippen LogP contribution in [0, 0.1) is 0 Å². The summed E-state index contributed by atoms with van der Waals surface area (Å²) in [6.45, 7) is 0. The van der Waals surface area contributed by atoms with E-state index in [0.29, 0.717) is 5.13 Å². The predicted octanol–water partition coefficient (Wildman–Crippen LogP) is 1.90. The van der Waals surface area contributed by atoms with Crippen molar-refractivity contribution in [1.82, 2.24) is 10.4 Å². The average molecular weight is 301 g/mol. The number of hydrazine groups is 1. The van der Waals surface area contributed by atoms with Crippen LogP contribution < -0.4 is 16.7 Å². The van der Waals surface area contributed by atoms with Crippen molar-refractivity contribution in [2.24, 2.45) is 10.9 Å². The number of amides is 1. The molecule has 0 fully saturated rings. The molecule has 0 spiro atoms. The second-order valence-corrected chi connectivity index (χ2v) is 5.55. The van der Waals surface area contributed by atoms with Crippen molar-refractivity contribution in [2.45, 2.75) is 19.3 Å². The Morgan fingerprint density at radius 3 is 3.05 bits per heavy atom. The van der Waals surface area contributed by atoms with Crippen LogP contribution in [0.3, 0.4) is 0 Å². The lowest BCUT2D eigenvalue weighted by Crippen LogP contribution is -2.30. The van der Waals surface area contributed by atoms with Gasteiger partial charge in [-0.3, -0.25) is 15.6 Å². The van der Waals surface area contributed by atoms with Crippen molar-refractivity contribution in [3.63, 3.8) is 0 Å². The van der Waals surface area contributed by atoms with Gasteiger partial charge in [0, 0.05) is 10.9 Å². The first kappa shape index (κ1) is 13.7. The Morgan fingerprint density at radius 1 is 1.33 bits per heavy atom. The van der Waals surface area contributed by atoms with Gasteiger partial charge in [0.15, 0.2) is 0 Å². The summed E-state index contributed by atoms with van der Waals surface area (Å²) in [5.41, 5.74) is 8.81. The number of benzene rings is 1. The number of nitrogens with zero attached hydrogens (tertiary/aromatic N) is 2. The molecule has 3 rings (SSSR count). The van der Waals surface area contributed by atoms with Gasteiger partial charge in [-0.15, -0.1) is 11.3 Å². The lowest BCUT2D eigenvalue weighted by molar-refractivity contribution is 0.0949. The fourth-order valence-electron chi connectivity index (χ4n) is 2.34. The zero-order valence-electron chi connectivity index (χ0n) is 11.3. The van der Waals surface area contributed by atoms with Crippen LogP contribution in [0.25, 0.3) is 0 Å². The molecule has 0 atom stereocenters. The fourth-order valence-corrected chi connectivity index (χ4v) is 2.97. The largest absolute Gasteiger partial charge is 0.289 e. The number of carbonyl (C=O) groups excluding carboxylic acids is 1. The molecule has 1 aliphatic carbocycles. The molecule has 0 radical (unpaired) electrons.